The molecule has 17 heavy (non-hydrogen) atoms. The molecule has 0 heterocycles. The smallest absolute Gasteiger partial charge is 0.303 e. The van der Waals surface area contributed by atoms with Gasteiger partial charge in [0.1, 0.15) is 0 Å². The van der Waals surface area contributed by atoms with Gasteiger partial charge in [0.15, 0.2) is 0 Å². The molecular formula is C13H21NO3. The minimum Gasteiger partial charge on any atom is -0.481 e. The third-order valence-electron chi connectivity index (χ3n) is 3.47. The molecule has 1 fully saturated rings. The fourth-order valence-corrected chi connectivity index (χ4v) is 2.57. The Morgan fingerprint density at radius 2 is 2.00 bits per heavy atom. The maximum atomic E-state index is 11.8. The summed E-state index contributed by atoms with van der Waals surface area (Å²) < 4.78 is 0. The van der Waals surface area contributed by atoms with Gasteiger partial charge in [0.2, 0.25) is 5.91 Å². The van der Waals surface area contributed by atoms with Crippen molar-refractivity contribution in [1.82, 2.24) is 5.32 Å². The minimum absolute atomic E-state index is 0.0641. The summed E-state index contributed by atoms with van der Waals surface area (Å²) in [6.07, 6.45) is 5.82. The Kier molecular flexibility index (Phi) is 4.73. The first-order valence-electron chi connectivity index (χ1n) is 6.11. The van der Waals surface area contributed by atoms with Crippen LogP contribution in [-0.4, -0.2) is 23.0 Å². The lowest BCUT2D eigenvalue weighted by atomic mass is 9.79. The lowest BCUT2D eigenvalue weighted by molar-refractivity contribution is -0.140. The number of carboxylic acids is 1. The summed E-state index contributed by atoms with van der Waals surface area (Å²) in [6.45, 7) is 5.45. The molecule has 1 aliphatic carbocycles. The van der Waals surface area contributed by atoms with Crippen molar-refractivity contribution in [2.24, 2.45) is 5.41 Å². The molecule has 0 aromatic rings. The highest BCUT2D eigenvalue weighted by atomic mass is 16.4. The zero-order valence-corrected chi connectivity index (χ0v) is 10.4. The van der Waals surface area contributed by atoms with Crippen molar-refractivity contribution in [3.05, 3.63) is 12.7 Å². The van der Waals surface area contributed by atoms with Crippen LogP contribution in [0.3, 0.4) is 0 Å². The van der Waals surface area contributed by atoms with Crippen LogP contribution in [0.15, 0.2) is 12.7 Å². The quantitative estimate of drug-likeness (QED) is 0.697. The Morgan fingerprint density at radius 3 is 2.47 bits per heavy atom. The van der Waals surface area contributed by atoms with Crippen molar-refractivity contribution in [2.75, 3.05) is 0 Å². The summed E-state index contributed by atoms with van der Waals surface area (Å²) in [5.41, 5.74) is -0.323. The second-order valence-electron chi connectivity index (χ2n) is 5.05. The van der Waals surface area contributed by atoms with Crippen LogP contribution >= 0.6 is 0 Å². The largest absolute Gasteiger partial charge is 0.481 e. The lowest BCUT2D eigenvalue weighted by Crippen LogP contribution is -2.36. The van der Waals surface area contributed by atoms with E-state index in [2.05, 4.69) is 11.9 Å². The second-order valence-corrected chi connectivity index (χ2v) is 5.05. The maximum absolute atomic E-state index is 11.8. The molecule has 0 aliphatic heterocycles. The standard InChI is InChI=1S/C13H21NO3/c1-3-10(2)14-11(15)8-13(9-12(16)17)6-4-5-7-13/h3,10H,1,4-9H2,2H3,(H,14,15)(H,16,17). The van der Waals surface area contributed by atoms with Gasteiger partial charge in [-0.25, -0.2) is 0 Å². The molecule has 1 amide bonds. The van der Waals surface area contributed by atoms with Crippen LogP contribution in [0.5, 0.6) is 0 Å². The fraction of sp³-hybridized carbons (Fsp3) is 0.692. The van der Waals surface area contributed by atoms with Crippen molar-refractivity contribution >= 4 is 11.9 Å². The van der Waals surface area contributed by atoms with Gasteiger partial charge in [0, 0.05) is 12.5 Å². The van der Waals surface area contributed by atoms with Crippen LogP contribution in [0.1, 0.15) is 45.4 Å². The van der Waals surface area contributed by atoms with Gasteiger partial charge in [0.05, 0.1) is 6.42 Å². The minimum atomic E-state index is -0.809. The predicted octanol–water partition coefficient (Wildman–Crippen LogP) is 2.10. The number of hydrogen-bond donors (Lipinski definition) is 2. The van der Waals surface area contributed by atoms with Crippen LogP contribution in [0.25, 0.3) is 0 Å². The average Bonchev–Trinajstić information content (AvgIpc) is 2.64. The molecule has 1 atom stereocenters. The van der Waals surface area contributed by atoms with E-state index in [1.54, 1.807) is 6.08 Å². The molecule has 96 valence electrons. The van der Waals surface area contributed by atoms with E-state index in [0.717, 1.165) is 25.7 Å². The van der Waals surface area contributed by atoms with E-state index in [0.29, 0.717) is 6.42 Å². The highest BCUT2D eigenvalue weighted by Gasteiger charge is 2.37. The van der Waals surface area contributed by atoms with E-state index in [1.807, 2.05) is 6.92 Å². The first kappa shape index (κ1) is 13.7. The number of hydrogen-bond acceptors (Lipinski definition) is 2. The summed E-state index contributed by atoms with van der Waals surface area (Å²) in [6, 6.07) is -0.0641. The number of nitrogens with one attached hydrogen (secondary N) is 1. The molecule has 1 aliphatic rings. The zero-order valence-electron chi connectivity index (χ0n) is 10.4. The molecule has 0 radical (unpaired) electrons. The summed E-state index contributed by atoms with van der Waals surface area (Å²) in [4.78, 5) is 22.7. The summed E-state index contributed by atoms with van der Waals surface area (Å²) >= 11 is 0. The first-order valence-corrected chi connectivity index (χ1v) is 6.11. The van der Waals surface area contributed by atoms with Gasteiger partial charge < -0.3 is 10.4 Å². The summed E-state index contributed by atoms with van der Waals surface area (Å²) in [5, 5.41) is 11.7. The van der Waals surface area contributed by atoms with Crippen LogP contribution in [0.2, 0.25) is 0 Å². The predicted molar refractivity (Wildman–Crippen MR) is 65.6 cm³/mol. The SMILES string of the molecule is C=CC(C)NC(=O)CC1(CC(=O)O)CCCC1. The Balaban J connectivity index is 2.57. The Morgan fingerprint density at radius 1 is 1.41 bits per heavy atom. The van der Waals surface area contributed by atoms with E-state index >= 15 is 0 Å². The highest BCUT2D eigenvalue weighted by Crippen LogP contribution is 2.43. The molecule has 0 aromatic heterocycles. The van der Waals surface area contributed by atoms with Crippen molar-refractivity contribution in [3.63, 3.8) is 0 Å². The molecule has 4 nitrogen and oxygen atoms in total. The molecule has 1 rings (SSSR count). The number of carboxylic acid groups (broad SMARTS) is 1. The van der Waals surface area contributed by atoms with Crippen molar-refractivity contribution < 1.29 is 14.7 Å². The van der Waals surface area contributed by atoms with Crippen molar-refractivity contribution in [1.29, 1.82) is 0 Å². The van der Waals surface area contributed by atoms with Crippen LogP contribution in [0.4, 0.5) is 0 Å². The summed E-state index contributed by atoms with van der Waals surface area (Å²) in [7, 11) is 0. The van der Waals surface area contributed by atoms with Gasteiger partial charge in [-0.1, -0.05) is 18.9 Å². The van der Waals surface area contributed by atoms with E-state index in [-0.39, 0.29) is 23.8 Å². The van der Waals surface area contributed by atoms with E-state index in [4.69, 9.17) is 5.11 Å². The van der Waals surface area contributed by atoms with Crippen LogP contribution in [0, 0.1) is 5.41 Å². The number of rotatable bonds is 6. The Bertz CT molecular complexity index is 306. The van der Waals surface area contributed by atoms with Crippen molar-refractivity contribution in [3.8, 4) is 0 Å². The van der Waals surface area contributed by atoms with Gasteiger partial charge in [-0.2, -0.15) is 0 Å². The Labute approximate surface area is 102 Å². The number of carbonyl (C=O) groups is 2. The fourth-order valence-electron chi connectivity index (χ4n) is 2.57. The molecule has 0 saturated heterocycles. The van der Waals surface area contributed by atoms with Crippen LogP contribution < -0.4 is 5.32 Å². The first-order chi connectivity index (χ1) is 7.97. The highest BCUT2D eigenvalue weighted by molar-refractivity contribution is 5.78. The number of aliphatic carboxylic acids is 1. The Hall–Kier alpha value is -1.32. The molecule has 1 saturated carbocycles. The van der Waals surface area contributed by atoms with Gasteiger partial charge in [-0.05, 0) is 25.2 Å². The molecular weight excluding hydrogens is 218 g/mol. The third-order valence-corrected chi connectivity index (χ3v) is 3.47. The third kappa shape index (κ3) is 4.21. The average molecular weight is 239 g/mol. The van der Waals surface area contributed by atoms with Crippen molar-refractivity contribution in [2.45, 2.75) is 51.5 Å². The number of carbonyl (C=O) groups excluding carboxylic acids is 1. The van der Waals surface area contributed by atoms with Gasteiger partial charge in [0.25, 0.3) is 0 Å². The molecule has 0 spiro atoms. The lowest BCUT2D eigenvalue weighted by Gasteiger charge is -2.26. The monoisotopic (exact) mass is 239 g/mol. The van der Waals surface area contributed by atoms with Crippen LogP contribution in [-0.2, 0) is 9.59 Å². The van der Waals surface area contributed by atoms with E-state index in [1.165, 1.54) is 0 Å². The molecule has 1 unspecified atom stereocenters. The second kappa shape index (κ2) is 5.84. The zero-order chi connectivity index (χ0) is 12.9. The van der Waals surface area contributed by atoms with Gasteiger partial charge in [-0.15, -0.1) is 6.58 Å². The molecule has 2 N–H and O–H groups in total. The van der Waals surface area contributed by atoms with Gasteiger partial charge >= 0.3 is 5.97 Å². The molecule has 4 heteroatoms. The maximum Gasteiger partial charge on any atom is 0.303 e. The van der Waals surface area contributed by atoms with Gasteiger partial charge in [-0.3, -0.25) is 9.59 Å². The molecule has 0 bridgehead atoms. The van der Waals surface area contributed by atoms with E-state index < -0.39 is 5.97 Å². The molecule has 0 aromatic carbocycles. The van der Waals surface area contributed by atoms with E-state index in [9.17, 15) is 9.59 Å². The summed E-state index contributed by atoms with van der Waals surface area (Å²) in [5.74, 6) is -0.878. The normalized spacial score (nSPS) is 19.6. The number of amides is 1. The topological polar surface area (TPSA) is 66.4 Å².